The molecule has 2 amide bonds. The van der Waals surface area contributed by atoms with Crippen LogP contribution in [0.5, 0.6) is 5.75 Å². The zero-order valence-electron chi connectivity index (χ0n) is 21.2. The smallest absolute Gasteiger partial charge is 0.485 e. The number of ether oxygens (including phenoxy) is 1. The summed E-state index contributed by atoms with van der Waals surface area (Å²) in [6.45, 7) is 4.85. The van der Waals surface area contributed by atoms with Gasteiger partial charge in [0.1, 0.15) is 23.9 Å². The van der Waals surface area contributed by atoms with Crippen molar-refractivity contribution < 1.29 is 51.3 Å². The number of aromatic nitrogens is 2. The van der Waals surface area contributed by atoms with Crippen LogP contribution in [0.1, 0.15) is 42.0 Å². The molecule has 0 bridgehead atoms. The molecule has 2 heterocycles. The lowest BCUT2D eigenvalue weighted by molar-refractivity contribution is -0.192. The number of aryl methyl sites for hydroxylation is 1. The highest BCUT2D eigenvalue weighted by molar-refractivity contribution is 6.30. The van der Waals surface area contributed by atoms with Crippen molar-refractivity contribution in [3.05, 3.63) is 64.1 Å². The maximum Gasteiger partial charge on any atom is 0.490 e. The van der Waals surface area contributed by atoms with E-state index in [4.69, 9.17) is 31.3 Å². The molecule has 0 aliphatic rings. The van der Waals surface area contributed by atoms with Crippen molar-refractivity contribution >= 4 is 35.2 Å². The number of nitrogens with one attached hydrogen (secondary N) is 2. The number of hydrogen-bond donors (Lipinski definition) is 4. The van der Waals surface area contributed by atoms with E-state index in [2.05, 4.69) is 15.6 Å². The number of amides is 2. The molecule has 0 fully saturated rings. The number of benzene rings is 1. The zero-order chi connectivity index (χ0) is 30.4. The number of rotatable bonds is 8. The van der Waals surface area contributed by atoms with Crippen molar-refractivity contribution in [2.24, 2.45) is 0 Å². The van der Waals surface area contributed by atoms with E-state index in [0.29, 0.717) is 12.1 Å². The molecule has 10 nitrogen and oxygen atoms in total. The highest BCUT2D eigenvalue weighted by Gasteiger charge is 2.38. The first-order valence-electron chi connectivity index (χ1n) is 11.3. The zero-order valence-corrected chi connectivity index (χ0v) is 22.0. The van der Waals surface area contributed by atoms with Crippen molar-refractivity contribution in [1.29, 1.82) is 0 Å². The van der Waals surface area contributed by atoms with Gasteiger partial charge in [-0.15, -0.1) is 0 Å². The first-order valence-corrected chi connectivity index (χ1v) is 11.6. The quantitative estimate of drug-likeness (QED) is 0.270. The number of imidazole rings is 1. The van der Waals surface area contributed by atoms with Gasteiger partial charge < -0.3 is 25.6 Å². The Morgan fingerprint density at radius 1 is 1.12 bits per heavy atom. The van der Waals surface area contributed by atoms with Crippen LogP contribution in [0.15, 0.2) is 30.5 Å². The van der Waals surface area contributed by atoms with Crippen molar-refractivity contribution in [1.82, 2.24) is 20.0 Å². The number of halogens is 6. The van der Waals surface area contributed by atoms with Gasteiger partial charge in [0, 0.05) is 24.3 Å². The number of carboxylic acids is 1. The highest BCUT2D eigenvalue weighted by atomic mass is 35.5. The Hall–Kier alpha value is -4.14. The van der Waals surface area contributed by atoms with Crippen LogP contribution in [0.2, 0.25) is 5.02 Å². The number of carbonyl (C=O) groups excluding carboxylic acids is 1. The Morgan fingerprint density at radius 2 is 1.70 bits per heavy atom. The summed E-state index contributed by atoms with van der Waals surface area (Å²) >= 11 is 6.19. The molecule has 2 aromatic heterocycles. The highest BCUT2D eigenvalue weighted by Crippen LogP contribution is 2.28. The van der Waals surface area contributed by atoms with Crippen molar-refractivity contribution in [3.63, 3.8) is 0 Å². The number of pyridine rings is 1. The number of nitrogens with zero attached hydrogens (tertiary/aromatic N) is 2. The van der Waals surface area contributed by atoms with Crippen LogP contribution in [0, 0.1) is 18.6 Å². The molecule has 0 spiro atoms. The van der Waals surface area contributed by atoms with Gasteiger partial charge in [0.25, 0.3) is 5.91 Å². The lowest BCUT2D eigenvalue weighted by Crippen LogP contribution is -2.45. The van der Waals surface area contributed by atoms with Crippen LogP contribution >= 0.6 is 11.6 Å². The molecule has 3 aromatic rings. The third-order valence-electron chi connectivity index (χ3n) is 5.20. The van der Waals surface area contributed by atoms with Gasteiger partial charge in [-0.05, 0) is 39.3 Å². The summed E-state index contributed by atoms with van der Waals surface area (Å²) in [5.41, 5.74) is -0.126. The first-order chi connectivity index (χ1) is 18.4. The molecule has 218 valence electrons. The van der Waals surface area contributed by atoms with E-state index in [9.17, 15) is 31.5 Å². The molecule has 0 radical (unpaired) electrons. The second-order valence-electron chi connectivity index (χ2n) is 8.87. The van der Waals surface area contributed by atoms with E-state index < -0.39 is 47.9 Å². The Balaban J connectivity index is 0.000000708. The van der Waals surface area contributed by atoms with Crippen molar-refractivity contribution in [2.45, 2.75) is 45.5 Å². The molecule has 4 N–H and O–H groups in total. The molecular weight excluding hydrogens is 571 g/mol. The molecule has 0 unspecified atom stereocenters. The predicted molar refractivity (Wildman–Crippen MR) is 132 cm³/mol. The normalized spacial score (nSPS) is 11.4. The number of hydrogen-bond acceptors (Lipinski definition) is 5. The summed E-state index contributed by atoms with van der Waals surface area (Å²) in [5, 5.41) is 21.4. The summed E-state index contributed by atoms with van der Waals surface area (Å²) in [5.74, 6) is -4.54. The monoisotopic (exact) mass is 594 g/mol. The fourth-order valence-corrected chi connectivity index (χ4v) is 3.52. The maximum atomic E-state index is 13.9. The van der Waals surface area contributed by atoms with E-state index >= 15 is 0 Å². The van der Waals surface area contributed by atoms with E-state index in [1.807, 2.05) is 0 Å². The molecule has 0 aliphatic carbocycles. The van der Waals surface area contributed by atoms with Crippen LogP contribution in [0.3, 0.4) is 0 Å². The topological polar surface area (TPSA) is 142 Å². The SMILES string of the molecule is Cc1nc2c(OCc3c(F)cccc3F)cc(Cl)cn2c1C(=O)NCCC(C)(C)NC(=O)O.O=C(O)C(F)(F)F. The van der Waals surface area contributed by atoms with Gasteiger partial charge in [-0.2, -0.15) is 13.2 Å². The van der Waals surface area contributed by atoms with E-state index in [1.54, 1.807) is 20.8 Å². The molecule has 0 saturated heterocycles. The summed E-state index contributed by atoms with van der Waals surface area (Å²) in [4.78, 5) is 37.0. The fourth-order valence-electron chi connectivity index (χ4n) is 3.32. The van der Waals surface area contributed by atoms with Crippen LogP contribution in [0.4, 0.5) is 26.7 Å². The third kappa shape index (κ3) is 8.69. The minimum Gasteiger partial charge on any atom is -0.485 e. The Morgan fingerprint density at radius 3 is 2.23 bits per heavy atom. The lowest BCUT2D eigenvalue weighted by Gasteiger charge is -2.24. The van der Waals surface area contributed by atoms with Gasteiger partial charge in [-0.25, -0.2) is 23.4 Å². The van der Waals surface area contributed by atoms with Crippen LogP contribution < -0.4 is 15.4 Å². The maximum absolute atomic E-state index is 13.9. The summed E-state index contributed by atoms with van der Waals surface area (Å²) in [7, 11) is 0. The van der Waals surface area contributed by atoms with Crippen LogP contribution in [-0.2, 0) is 11.4 Å². The second-order valence-corrected chi connectivity index (χ2v) is 9.31. The summed E-state index contributed by atoms with van der Waals surface area (Å²) in [6, 6.07) is 4.97. The third-order valence-corrected chi connectivity index (χ3v) is 5.41. The van der Waals surface area contributed by atoms with Gasteiger partial charge in [0.15, 0.2) is 11.4 Å². The molecule has 40 heavy (non-hydrogen) atoms. The summed E-state index contributed by atoms with van der Waals surface area (Å²) < 4.78 is 66.7. The van der Waals surface area contributed by atoms with Crippen LogP contribution in [0.25, 0.3) is 5.65 Å². The summed E-state index contributed by atoms with van der Waals surface area (Å²) in [6.07, 6.45) is -4.40. The molecular formula is C24H24ClF5N4O6. The average molecular weight is 595 g/mol. The van der Waals surface area contributed by atoms with E-state index in [0.717, 1.165) is 12.1 Å². The number of fused-ring (bicyclic) bond motifs is 1. The number of alkyl halides is 3. The van der Waals surface area contributed by atoms with E-state index in [-0.39, 0.29) is 34.2 Å². The lowest BCUT2D eigenvalue weighted by atomic mass is 10.0. The number of aliphatic carboxylic acids is 1. The second kappa shape index (κ2) is 12.8. The minimum atomic E-state index is -5.08. The Bertz CT molecular complexity index is 1390. The first kappa shape index (κ1) is 32.1. The van der Waals surface area contributed by atoms with Crippen molar-refractivity contribution in [3.8, 4) is 5.75 Å². The fraction of sp³-hybridized carbons (Fsp3) is 0.333. The van der Waals surface area contributed by atoms with Gasteiger partial charge in [-0.1, -0.05) is 17.7 Å². The molecule has 0 saturated carbocycles. The van der Waals surface area contributed by atoms with E-state index in [1.165, 1.54) is 22.7 Å². The molecule has 1 aromatic carbocycles. The molecule has 3 rings (SSSR count). The predicted octanol–water partition coefficient (Wildman–Crippen LogP) is 4.95. The van der Waals surface area contributed by atoms with Crippen molar-refractivity contribution in [2.75, 3.05) is 6.54 Å². The van der Waals surface area contributed by atoms with Gasteiger partial charge in [-0.3, -0.25) is 9.20 Å². The molecule has 0 aliphatic heterocycles. The largest absolute Gasteiger partial charge is 0.490 e. The number of carboxylic acid groups (broad SMARTS) is 2. The Kier molecular flexibility index (Phi) is 10.3. The number of carbonyl (C=O) groups is 3. The standard InChI is InChI=1S/C22H23ClF2N4O4.C2HF3O2/c1-12-18(20(30)26-8-7-22(2,3)28-21(31)32)29-10-13(23)9-17(19(29)27-12)33-11-14-15(24)5-4-6-16(14)25;3-2(4,5)1(6)7/h4-6,9-10,28H,7-8,11H2,1-3H3,(H,26,30)(H,31,32);(H,6,7). The Labute approximate surface area is 228 Å². The average Bonchev–Trinajstić information content (AvgIpc) is 3.13. The molecule has 0 atom stereocenters. The minimum absolute atomic E-state index is 0.152. The van der Waals surface area contributed by atoms with Gasteiger partial charge >= 0.3 is 18.2 Å². The van der Waals surface area contributed by atoms with Gasteiger partial charge in [0.2, 0.25) is 0 Å². The van der Waals surface area contributed by atoms with Crippen LogP contribution in [-0.4, -0.2) is 55.8 Å². The molecule has 16 heteroatoms. The van der Waals surface area contributed by atoms with Gasteiger partial charge in [0.05, 0.1) is 16.3 Å².